The van der Waals surface area contributed by atoms with E-state index in [1.54, 1.807) is 18.2 Å². The first kappa shape index (κ1) is 16.9. The molecule has 2 rings (SSSR count). The quantitative estimate of drug-likeness (QED) is 0.477. The van der Waals surface area contributed by atoms with Crippen LogP contribution in [0.1, 0.15) is 20.3 Å². The van der Waals surface area contributed by atoms with Gasteiger partial charge in [-0.05, 0) is 18.1 Å². The van der Waals surface area contributed by atoms with E-state index in [2.05, 4.69) is 14.8 Å². The number of benzene rings is 1. The van der Waals surface area contributed by atoms with Crippen molar-refractivity contribution in [2.45, 2.75) is 20.3 Å². The Hall–Kier alpha value is -2.47. The zero-order chi connectivity index (χ0) is 16.8. The maximum absolute atomic E-state index is 11.5. The van der Waals surface area contributed by atoms with E-state index in [-0.39, 0.29) is 12.3 Å². The summed E-state index contributed by atoms with van der Waals surface area (Å²) >= 11 is 5.92. The van der Waals surface area contributed by atoms with Crippen LogP contribution in [0.5, 0.6) is 0 Å². The molecule has 0 amide bonds. The molecule has 6 nitrogen and oxygen atoms in total. The number of hydrogen-bond donors (Lipinski definition) is 0. The minimum Gasteiger partial charge on any atom is -0.390 e. The zero-order valence-corrected chi connectivity index (χ0v) is 13.5. The summed E-state index contributed by atoms with van der Waals surface area (Å²) in [7, 11) is 0. The second-order valence-electron chi connectivity index (χ2n) is 5.27. The first-order valence-corrected chi connectivity index (χ1v) is 7.42. The van der Waals surface area contributed by atoms with Gasteiger partial charge in [-0.25, -0.2) is 14.5 Å². The SMILES string of the molecule is CC(C)CC(=O)OC(=O)/C=C\n1cnc(-c2cccc(Cl)c2)n1. The van der Waals surface area contributed by atoms with Crippen LogP contribution in [-0.4, -0.2) is 26.7 Å². The largest absolute Gasteiger partial charge is 0.390 e. The van der Waals surface area contributed by atoms with Crippen molar-refractivity contribution in [3.8, 4) is 11.4 Å². The molecule has 0 aliphatic heterocycles. The number of aromatic nitrogens is 3. The van der Waals surface area contributed by atoms with Gasteiger partial charge in [0.25, 0.3) is 0 Å². The van der Waals surface area contributed by atoms with Gasteiger partial charge in [0, 0.05) is 29.3 Å². The molecular weight excluding hydrogens is 318 g/mol. The molecule has 1 heterocycles. The van der Waals surface area contributed by atoms with Crippen molar-refractivity contribution in [1.29, 1.82) is 0 Å². The third-order valence-electron chi connectivity index (χ3n) is 2.74. The summed E-state index contributed by atoms with van der Waals surface area (Å²) in [5.74, 6) is -0.681. The maximum Gasteiger partial charge on any atom is 0.339 e. The summed E-state index contributed by atoms with van der Waals surface area (Å²) in [4.78, 5) is 27.0. The standard InChI is InChI=1S/C16H16ClN3O3/c1-11(2)8-15(22)23-14(21)6-7-20-10-18-16(19-20)12-4-3-5-13(17)9-12/h3-7,9-11H,8H2,1-2H3/b7-6-. The van der Waals surface area contributed by atoms with Crippen molar-refractivity contribution in [2.75, 3.05) is 0 Å². The van der Waals surface area contributed by atoms with Crippen LogP contribution in [0, 0.1) is 5.92 Å². The number of esters is 2. The Labute approximate surface area is 138 Å². The highest BCUT2D eigenvalue weighted by Gasteiger charge is 2.10. The lowest BCUT2D eigenvalue weighted by Gasteiger charge is -2.02. The van der Waals surface area contributed by atoms with E-state index in [1.807, 2.05) is 19.9 Å². The van der Waals surface area contributed by atoms with Gasteiger partial charge in [0.05, 0.1) is 0 Å². The van der Waals surface area contributed by atoms with Crippen LogP contribution in [-0.2, 0) is 14.3 Å². The van der Waals surface area contributed by atoms with Crippen LogP contribution in [0.15, 0.2) is 36.7 Å². The lowest BCUT2D eigenvalue weighted by atomic mass is 10.1. The number of rotatable bonds is 5. The van der Waals surface area contributed by atoms with Gasteiger partial charge in [-0.1, -0.05) is 37.6 Å². The molecule has 0 radical (unpaired) electrons. The number of carbonyl (C=O) groups is 2. The molecule has 2 aromatic rings. The van der Waals surface area contributed by atoms with Crippen LogP contribution < -0.4 is 0 Å². The van der Waals surface area contributed by atoms with Crippen LogP contribution >= 0.6 is 11.6 Å². The number of halogens is 1. The van der Waals surface area contributed by atoms with E-state index >= 15 is 0 Å². The van der Waals surface area contributed by atoms with Crippen molar-refractivity contribution in [1.82, 2.24) is 14.8 Å². The Bertz CT molecular complexity index is 738. The molecule has 0 unspecified atom stereocenters. The Kier molecular flexibility index (Phi) is 5.65. The number of carbonyl (C=O) groups excluding carboxylic acids is 2. The minimum absolute atomic E-state index is 0.134. The fourth-order valence-electron chi connectivity index (χ4n) is 1.76. The van der Waals surface area contributed by atoms with E-state index in [0.29, 0.717) is 10.8 Å². The monoisotopic (exact) mass is 333 g/mol. The van der Waals surface area contributed by atoms with Crippen molar-refractivity contribution >= 4 is 29.7 Å². The second-order valence-corrected chi connectivity index (χ2v) is 5.70. The first-order valence-electron chi connectivity index (χ1n) is 7.04. The van der Waals surface area contributed by atoms with Gasteiger partial charge in [0.1, 0.15) is 6.33 Å². The van der Waals surface area contributed by atoms with Crippen LogP contribution in [0.3, 0.4) is 0 Å². The van der Waals surface area contributed by atoms with Crippen molar-refractivity contribution < 1.29 is 14.3 Å². The van der Waals surface area contributed by atoms with E-state index in [1.165, 1.54) is 17.2 Å². The van der Waals surface area contributed by atoms with Gasteiger partial charge >= 0.3 is 11.9 Å². The fraction of sp³-hybridized carbons (Fsp3) is 0.250. The normalized spacial score (nSPS) is 11.1. The molecular formula is C16H16ClN3O3. The second kappa shape index (κ2) is 7.69. The topological polar surface area (TPSA) is 74.1 Å². The highest BCUT2D eigenvalue weighted by Crippen LogP contribution is 2.18. The molecule has 0 saturated carbocycles. The lowest BCUT2D eigenvalue weighted by molar-refractivity contribution is -0.156. The van der Waals surface area contributed by atoms with Crippen LogP contribution in [0.2, 0.25) is 5.02 Å². The number of hydrogen-bond acceptors (Lipinski definition) is 5. The van der Waals surface area contributed by atoms with Gasteiger partial charge in [-0.2, -0.15) is 0 Å². The van der Waals surface area contributed by atoms with Crippen molar-refractivity contribution in [2.24, 2.45) is 5.92 Å². The molecule has 0 atom stereocenters. The van der Waals surface area contributed by atoms with E-state index in [4.69, 9.17) is 11.6 Å². The molecule has 0 spiro atoms. The first-order chi connectivity index (χ1) is 10.9. The number of nitrogens with zero attached hydrogens (tertiary/aromatic N) is 3. The molecule has 0 bridgehead atoms. The molecule has 0 fully saturated rings. The van der Waals surface area contributed by atoms with Crippen LogP contribution in [0.4, 0.5) is 0 Å². The fourth-order valence-corrected chi connectivity index (χ4v) is 1.96. The highest BCUT2D eigenvalue weighted by molar-refractivity contribution is 6.30. The van der Waals surface area contributed by atoms with Gasteiger partial charge in [0.2, 0.25) is 0 Å². The van der Waals surface area contributed by atoms with E-state index in [9.17, 15) is 9.59 Å². The predicted octanol–water partition coefficient (Wildman–Crippen LogP) is 3.19. The molecule has 0 N–H and O–H groups in total. The average molecular weight is 334 g/mol. The van der Waals surface area contributed by atoms with Gasteiger partial charge < -0.3 is 4.74 Å². The lowest BCUT2D eigenvalue weighted by Crippen LogP contribution is -2.12. The Morgan fingerprint density at radius 3 is 2.87 bits per heavy atom. The average Bonchev–Trinajstić information content (AvgIpc) is 2.93. The Balaban J connectivity index is 1.98. The maximum atomic E-state index is 11.5. The molecule has 0 aliphatic carbocycles. The molecule has 0 saturated heterocycles. The summed E-state index contributed by atoms with van der Waals surface area (Å²) < 4.78 is 6.00. The predicted molar refractivity (Wildman–Crippen MR) is 86.4 cm³/mol. The summed E-state index contributed by atoms with van der Waals surface area (Å²) in [5.41, 5.74) is 0.763. The van der Waals surface area contributed by atoms with E-state index in [0.717, 1.165) is 11.6 Å². The summed E-state index contributed by atoms with van der Waals surface area (Å²) in [6.07, 6.45) is 4.12. The summed E-state index contributed by atoms with van der Waals surface area (Å²) in [6.45, 7) is 3.74. The van der Waals surface area contributed by atoms with Crippen molar-refractivity contribution in [3.63, 3.8) is 0 Å². The molecule has 0 aliphatic rings. The third kappa shape index (κ3) is 5.34. The minimum atomic E-state index is -0.740. The summed E-state index contributed by atoms with van der Waals surface area (Å²) in [6, 6.07) is 7.12. The van der Waals surface area contributed by atoms with E-state index < -0.39 is 11.9 Å². The molecule has 120 valence electrons. The molecule has 23 heavy (non-hydrogen) atoms. The summed E-state index contributed by atoms with van der Waals surface area (Å²) in [5, 5.41) is 4.77. The smallest absolute Gasteiger partial charge is 0.339 e. The molecule has 1 aromatic carbocycles. The molecule has 7 heteroatoms. The van der Waals surface area contributed by atoms with Crippen molar-refractivity contribution in [3.05, 3.63) is 41.7 Å². The Morgan fingerprint density at radius 2 is 2.17 bits per heavy atom. The number of ether oxygens (including phenoxy) is 1. The van der Waals surface area contributed by atoms with Gasteiger partial charge in [-0.3, -0.25) is 4.79 Å². The van der Waals surface area contributed by atoms with Crippen LogP contribution in [0.25, 0.3) is 17.6 Å². The molecule has 1 aromatic heterocycles. The Morgan fingerprint density at radius 1 is 1.39 bits per heavy atom. The van der Waals surface area contributed by atoms with Gasteiger partial charge in [0.15, 0.2) is 5.82 Å². The zero-order valence-electron chi connectivity index (χ0n) is 12.8. The highest BCUT2D eigenvalue weighted by atomic mass is 35.5. The van der Waals surface area contributed by atoms with Gasteiger partial charge in [-0.15, -0.1) is 5.10 Å². The third-order valence-corrected chi connectivity index (χ3v) is 2.98.